The van der Waals surface area contributed by atoms with Crippen LogP contribution in [0.2, 0.25) is 0 Å². The number of aryl methyl sites for hydroxylation is 2. The highest BCUT2D eigenvalue weighted by atomic mass is 16.5. The zero-order valence-electron chi connectivity index (χ0n) is 15.0. The zero-order valence-corrected chi connectivity index (χ0v) is 15.0. The molecule has 0 saturated heterocycles. The van der Waals surface area contributed by atoms with Crippen molar-refractivity contribution in [2.24, 2.45) is 0 Å². The minimum atomic E-state index is -0.556. The number of anilines is 1. The number of ether oxygens (including phenoxy) is 2. The van der Waals surface area contributed by atoms with Gasteiger partial charge in [0, 0.05) is 11.8 Å². The highest BCUT2D eigenvalue weighted by Crippen LogP contribution is 2.22. The molecule has 2 aromatic carbocycles. The Morgan fingerprint density at radius 2 is 2.04 bits per heavy atom. The largest absolute Gasteiger partial charge is 0.489 e. The first-order chi connectivity index (χ1) is 12.0. The lowest BCUT2D eigenvalue weighted by Gasteiger charge is -2.19. The Kier molecular flexibility index (Phi) is 6.63. The molecule has 1 atom stereocenters. The molecule has 4 nitrogen and oxygen atoms in total. The standard InChI is InChI=1S/C21H25NO3/c1-5-12-24-18-9-7-8-17(14-18)22-21(23)19(6-2)25-20-11-10-15(3)13-16(20)4/h5,7-11,13-14,19H,1,6,12H2,2-4H3,(H,22,23). The fourth-order valence-electron chi connectivity index (χ4n) is 2.45. The molecule has 0 fully saturated rings. The van der Waals surface area contributed by atoms with E-state index in [1.54, 1.807) is 12.1 Å². The first-order valence-electron chi connectivity index (χ1n) is 8.42. The maximum Gasteiger partial charge on any atom is 0.265 e. The summed E-state index contributed by atoms with van der Waals surface area (Å²) in [6.07, 6.45) is 1.70. The SMILES string of the molecule is C=CCOc1cccc(NC(=O)C(CC)Oc2ccc(C)cc2C)c1. The third-order valence-electron chi connectivity index (χ3n) is 3.73. The van der Waals surface area contributed by atoms with Gasteiger partial charge in [-0.3, -0.25) is 4.79 Å². The van der Waals surface area contributed by atoms with Gasteiger partial charge in [0.2, 0.25) is 0 Å². The van der Waals surface area contributed by atoms with Crippen molar-refractivity contribution in [2.45, 2.75) is 33.3 Å². The summed E-state index contributed by atoms with van der Waals surface area (Å²) in [7, 11) is 0. The second-order valence-electron chi connectivity index (χ2n) is 5.90. The Hall–Kier alpha value is -2.75. The number of rotatable bonds is 8. The smallest absolute Gasteiger partial charge is 0.265 e. The van der Waals surface area contributed by atoms with Gasteiger partial charge < -0.3 is 14.8 Å². The van der Waals surface area contributed by atoms with Crippen LogP contribution in [0.15, 0.2) is 55.1 Å². The van der Waals surface area contributed by atoms with E-state index in [9.17, 15) is 4.79 Å². The quantitative estimate of drug-likeness (QED) is 0.711. The molecule has 0 aliphatic rings. The summed E-state index contributed by atoms with van der Waals surface area (Å²) >= 11 is 0. The Bertz CT molecular complexity index is 740. The van der Waals surface area contributed by atoms with Crippen molar-refractivity contribution in [3.8, 4) is 11.5 Å². The van der Waals surface area contributed by atoms with Crippen molar-refractivity contribution < 1.29 is 14.3 Å². The summed E-state index contributed by atoms with van der Waals surface area (Å²) in [5.41, 5.74) is 2.86. The molecule has 0 bridgehead atoms. The number of hydrogen-bond acceptors (Lipinski definition) is 3. The number of nitrogens with one attached hydrogen (secondary N) is 1. The molecule has 0 heterocycles. The third-order valence-corrected chi connectivity index (χ3v) is 3.73. The van der Waals surface area contributed by atoms with Gasteiger partial charge in [-0.15, -0.1) is 0 Å². The molecule has 1 unspecified atom stereocenters. The molecule has 132 valence electrons. The molecule has 4 heteroatoms. The minimum Gasteiger partial charge on any atom is -0.489 e. The van der Waals surface area contributed by atoms with Crippen LogP contribution in [0.1, 0.15) is 24.5 Å². The summed E-state index contributed by atoms with van der Waals surface area (Å²) in [4.78, 5) is 12.6. The molecule has 1 N–H and O–H groups in total. The molecule has 0 aliphatic carbocycles. The second kappa shape index (κ2) is 8.92. The van der Waals surface area contributed by atoms with Crippen molar-refractivity contribution in [2.75, 3.05) is 11.9 Å². The predicted molar refractivity (Wildman–Crippen MR) is 101 cm³/mol. The fraction of sp³-hybridized carbons (Fsp3) is 0.286. The molecular formula is C21H25NO3. The lowest BCUT2D eigenvalue weighted by Crippen LogP contribution is -2.32. The summed E-state index contributed by atoms with van der Waals surface area (Å²) in [6, 6.07) is 13.2. The van der Waals surface area contributed by atoms with Gasteiger partial charge in [-0.1, -0.05) is 43.3 Å². The molecule has 25 heavy (non-hydrogen) atoms. The van der Waals surface area contributed by atoms with Crippen LogP contribution in [0.4, 0.5) is 5.69 Å². The van der Waals surface area contributed by atoms with E-state index in [0.717, 1.165) is 11.3 Å². The van der Waals surface area contributed by atoms with Gasteiger partial charge >= 0.3 is 0 Å². The normalized spacial score (nSPS) is 11.5. The highest BCUT2D eigenvalue weighted by molar-refractivity contribution is 5.94. The molecule has 1 amide bonds. The van der Waals surface area contributed by atoms with Gasteiger partial charge in [-0.2, -0.15) is 0 Å². The maximum absolute atomic E-state index is 12.6. The molecule has 0 radical (unpaired) electrons. The Morgan fingerprint density at radius 1 is 1.24 bits per heavy atom. The van der Waals surface area contributed by atoms with Gasteiger partial charge in [0.05, 0.1) is 0 Å². The van der Waals surface area contributed by atoms with Gasteiger partial charge in [-0.05, 0) is 44.0 Å². The van der Waals surface area contributed by atoms with Crippen LogP contribution >= 0.6 is 0 Å². The van der Waals surface area contributed by atoms with Gasteiger partial charge in [0.25, 0.3) is 5.91 Å². The van der Waals surface area contributed by atoms with Crippen LogP contribution in [-0.2, 0) is 4.79 Å². The van der Waals surface area contributed by atoms with Gasteiger partial charge in [0.15, 0.2) is 6.10 Å². The average Bonchev–Trinajstić information content (AvgIpc) is 2.59. The van der Waals surface area contributed by atoms with E-state index in [1.165, 1.54) is 5.56 Å². The van der Waals surface area contributed by atoms with Crippen LogP contribution in [0.25, 0.3) is 0 Å². The van der Waals surface area contributed by atoms with E-state index in [0.29, 0.717) is 24.5 Å². The lowest BCUT2D eigenvalue weighted by molar-refractivity contribution is -0.122. The van der Waals surface area contributed by atoms with Crippen molar-refractivity contribution in [1.82, 2.24) is 0 Å². The summed E-state index contributed by atoms with van der Waals surface area (Å²) in [5, 5.41) is 2.89. The average molecular weight is 339 g/mol. The molecular weight excluding hydrogens is 314 g/mol. The monoisotopic (exact) mass is 339 g/mol. The van der Waals surface area contributed by atoms with Gasteiger partial charge in [0.1, 0.15) is 18.1 Å². The number of carbonyl (C=O) groups is 1. The van der Waals surface area contributed by atoms with Crippen molar-refractivity contribution in [3.63, 3.8) is 0 Å². The lowest BCUT2D eigenvalue weighted by atomic mass is 10.1. The molecule has 0 aliphatic heterocycles. The van der Waals surface area contributed by atoms with Crippen molar-refractivity contribution in [3.05, 3.63) is 66.2 Å². The van der Waals surface area contributed by atoms with Gasteiger partial charge in [-0.25, -0.2) is 0 Å². The van der Waals surface area contributed by atoms with Crippen LogP contribution < -0.4 is 14.8 Å². The minimum absolute atomic E-state index is 0.177. The summed E-state index contributed by atoms with van der Waals surface area (Å²) in [5.74, 6) is 1.24. The fourth-order valence-corrected chi connectivity index (χ4v) is 2.45. The first kappa shape index (κ1) is 18.6. The molecule has 2 rings (SSSR count). The first-order valence-corrected chi connectivity index (χ1v) is 8.42. The number of amides is 1. The maximum atomic E-state index is 12.6. The molecule has 2 aromatic rings. The van der Waals surface area contributed by atoms with E-state index < -0.39 is 6.10 Å². The molecule has 0 aromatic heterocycles. The highest BCUT2D eigenvalue weighted by Gasteiger charge is 2.19. The molecule has 0 saturated carbocycles. The second-order valence-corrected chi connectivity index (χ2v) is 5.90. The molecule has 0 spiro atoms. The summed E-state index contributed by atoms with van der Waals surface area (Å²) in [6.45, 7) is 9.98. The predicted octanol–water partition coefficient (Wildman–Crippen LogP) is 4.66. The van der Waals surface area contributed by atoms with Crippen LogP contribution in [0.3, 0.4) is 0 Å². The Balaban J connectivity index is 2.05. The Morgan fingerprint density at radius 3 is 2.72 bits per heavy atom. The number of carbonyl (C=O) groups excluding carboxylic acids is 1. The third kappa shape index (κ3) is 5.38. The van der Waals surface area contributed by atoms with Crippen LogP contribution in [0.5, 0.6) is 11.5 Å². The van der Waals surface area contributed by atoms with Crippen LogP contribution in [-0.4, -0.2) is 18.6 Å². The number of benzene rings is 2. The topological polar surface area (TPSA) is 47.6 Å². The van der Waals surface area contributed by atoms with Crippen LogP contribution in [0, 0.1) is 13.8 Å². The van der Waals surface area contributed by atoms with Crippen molar-refractivity contribution >= 4 is 11.6 Å². The van der Waals surface area contributed by atoms with Crippen molar-refractivity contribution in [1.29, 1.82) is 0 Å². The number of hydrogen-bond donors (Lipinski definition) is 1. The Labute approximate surface area is 149 Å². The van der Waals surface area contributed by atoms with E-state index in [-0.39, 0.29) is 5.91 Å². The van der Waals surface area contributed by atoms with E-state index in [2.05, 4.69) is 11.9 Å². The zero-order chi connectivity index (χ0) is 18.2. The van der Waals surface area contributed by atoms with E-state index in [1.807, 2.05) is 57.2 Å². The van der Waals surface area contributed by atoms with E-state index in [4.69, 9.17) is 9.47 Å². The summed E-state index contributed by atoms with van der Waals surface area (Å²) < 4.78 is 11.4. The van der Waals surface area contributed by atoms with E-state index >= 15 is 0 Å².